The summed E-state index contributed by atoms with van der Waals surface area (Å²) >= 11 is 1.76. The van der Waals surface area contributed by atoms with Gasteiger partial charge in [0.25, 0.3) is 0 Å². The molecule has 0 N–H and O–H groups in total. The van der Waals surface area contributed by atoms with Crippen molar-refractivity contribution in [2.45, 2.75) is 17.2 Å². The van der Waals surface area contributed by atoms with Crippen molar-refractivity contribution in [3.8, 4) is 0 Å². The van der Waals surface area contributed by atoms with Gasteiger partial charge in [0.15, 0.2) is 0 Å². The Morgan fingerprint density at radius 3 is 2.25 bits per heavy atom. The number of carbonyl (C=O) groups is 1. The SMILES string of the molecule is COC(=O)C(CCSc1ccccc1)c1ccccc1. The van der Waals surface area contributed by atoms with Crippen molar-refractivity contribution in [3.63, 3.8) is 0 Å². The first-order valence-electron chi connectivity index (χ1n) is 6.62. The van der Waals surface area contributed by atoms with E-state index in [1.807, 2.05) is 48.5 Å². The zero-order valence-corrected chi connectivity index (χ0v) is 12.3. The van der Waals surface area contributed by atoms with Gasteiger partial charge in [0.2, 0.25) is 0 Å². The number of thioether (sulfide) groups is 1. The monoisotopic (exact) mass is 286 g/mol. The molecular weight excluding hydrogens is 268 g/mol. The molecular formula is C17H18O2S. The highest BCUT2D eigenvalue weighted by molar-refractivity contribution is 7.99. The van der Waals surface area contributed by atoms with Crippen LogP contribution in [0.2, 0.25) is 0 Å². The topological polar surface area (TPSA) is 26.3 Å². The molecule has 0 saturated carbocycles. The summed E-state index contributed by atoms with van der Waals surface area (Å²) in [5.74, 6) is 0.542. The van der Waals surface area contributed by atoms with Crippen LogP contribution in [0.5, 0.6) is 0 Å². The lowest BCUT2D eigenvalue weighted by Crippen LogP contribution is -2.15. The Bertz CT molecular complexity index is 525. The van der Waals surface area contributed by atoms with E-state index in [2.05, 4.69) is 12.1 Å². The molecule has 0 aliphatic heterocycles. The van der Waals surface area contributed by atoms with Gasteiger partial charge in [-0.25, -0.2) is 0 Å². The number of hydrogen-bond acceptors (Lipinski definition) is 3. The van der Waals surface area contributed by atoms with Gasteiger partial charge in [-0.05, 0) is 29.9 Å². The van der Waals surface area contributed by atoms with Crippen LogP contribution in [0.15, 0.2) is 65.6 Å². The van der Waals surface area contributed by atoms with Crippen LogP contribution in [-0.2, 0) is 9.53 Å². The van der Waals surface area contributed by atoms with Crippen molar-refractivity contribution in [2.24, 2.45) is 0 Å². The fraction of sp³-hybridized carbons (Fsp3) is 0.235. The van der Waals surface area contributed by atoms with Crippen molar-refractivity contribution in [1.29, 1.82) is 0 Å². The molecule has 0 aromatic heterocycles. The second-order valence-corrected chi connectivity index (χ2v) is 5.60. The number of methoxy groups -OCH3 is 1. The Hall–Kier alpha value is -1.74. The van der Waals surface area contributed by atoms with E-state index in [-0.39, 0.29) is 11.9 Å². The number of esters is 1. The Labute approximate surface area is 124 Å². The quantitative estimate of drug-likeness (QED) is 0.590. The highest BCUT2D eigenvalue weighted by Gasteiger charge is 2.20. The van der Waals surface area contributed by atoms with Gasteiger partial charge in [0.1, 0.15) is 0 Å². The fourth-order valence-electron chi connectivity index (χ4n) is 2.06. The maximum absolute atomic E-state index is 11.9. The Morgan fingerprint density at radius 1 is 1.05 bits per heavy atom. The Morgan fingerprint density at radius 2 is 1.65 bits per heavy atom. The lowest BCUT2D eigenvalue weighted by molar-refractivity contribution is -0.142. The van der Waals surface area contributed by atoms with Crippen LogP contribution < -0.4 is 0 Å². The van der Waals surface area contributed by atoms with Crippen molar-refractivity contribution in [1.82, 2.24) is 0 Å². The van der Waals surface area contributed by atoms with Gasteiger partial charge in [0.05, 0.1) is 13.0 Å². The molecule has 20 heavy (non-hydrogen) atoms. The number of hydrogen-bond donors (Lipinski definition) is 0. The normalized spacial score (nSPS) is 11.8. The van der Waals surface area contributed by atoms with E-state index >= 15 is 0 Å². The summed E-state index contributed by atoms with van der Waals surface area (Å²) in [6.45, 7) is 0. The molecule has 0 spiro atoms. The van der Waals surface area contributed by atoms with E-state index in [1.54, 1.807) is 11.8 Å². The van der Waals surface area contributed by atoms with Gasteiger partial charge in [-0.3, -0.25) is 4.79 Å². The summed E-state index contributed by atoms with van der Waals surface area (Å²) in [6.07, 6.45) is 0.774. The molecule has 1 unspecified atom stereocenters. The third kappa shape index (κ3) is 4.14. The molecule has 0 aliphatic rings. The summed E-state index contributed by atoms with van der Waals surface area (Å²) in [5, 5.41) is 0. The highest BCUT2D eigenvalue weighted by Crippen LogP contribution is 2.26. The molecule has 2 nitrogen and oxygen atoms in total. The second kappa shape index (κ2) is 7.75. The van der Waals surface area contributed by atoms with Gasteiger partial charge in [-0.1, -0.05) is 48.5 Å². The van der Waals surface area contributed by atoms with Crippen molar-refractivity contribution in [3.05, 3.63) is 66.2 Å². The summed E-state index contributed by atoms with van der Waals surface area (Å²) in [7, 11) is 1.45. The predicted molar refractivity (Wildman–Crippen MR) is 83.0 cm³/mol. The second-order valence-electron chi connectivity index (χ2n) is 4.44. The summed E-state index contributed by atoms with van der Waals surface area (Å²) in [6, 6.07) is 20.0. The fourth-order valence-corrected chi connectivity index (χ4v) is 3.00. The van der Waals surface area contributed by atoms with Gasteiger partial charge >= 0.3 is 5.97 Å². The van der Waals surface area contributed by atoms with Crippen molar-refractivity contribution < 1.29 is 9.53 Å². The minimum atomic E-state index is -0.183. The predicted octanol–water partition coefficient (Wildman–Crippen LogP) is 4.13. The zero-order valence-electron chi connectivity index (χ0n) is 11.5. The average Bonchev–Trinajstić information content (AvgIpc) is 2.53. The molecule has 1 atom stereocenters. The van der Waals surface area contributed by atoms with Crippen LogP contribution >= 0.6 is 11.8 Å². The third-order valence-corrected chi connectivity index (χ3v) is 4.15. The van der Waals surface area contributed by atoms with Crippen LogP contribution in [0.3, 0.4) is 0 Å². The minimum absolute atomic E-state index is 0.162. The molecule has 0 fully saturated rings. The zero-order chi connectivity index (χ0) is 14.2. The highest BCUT2D eigenvalue weighted by atomic mass is 32.2. The van der Waals surface area contributed by atoms with Crippen LogP contribution in [0.25, 0.3) is 0 Å². The Kier molecular flexibility index (Phi) is 5.69. The number of ether oxygens (including phenoxy) is 1. The molecule has 2 aromatic carbocycles. The Balaban J connectivity index is 1.97. The molecule has 3 heteroatoms. The first-order chi connectivity index (χ1) is 9.81. The standard InChI is InChI=1S/C17H18O2S/c1-19-17(18)16(14-8-4-2-5-9-14)12-13-20-15-10-6-3-7-11-15/h2-11,16H,12-13H2,1H3. The molecule has 0 radical (unpaired) electrons. The van der Waals surface area contributed by atoms with E-state index in [0.29, 0.717) is 0 Å². The van der Waals surface area contributed by atoms with E-state index in [1.165, 1.54) is 12.0 Å². The minimum Gasteiger partial charge on any atom is -0.469 e. The molecule has 0 bridgehead atoms. The molecule has 2 rings (SSSR count). The number of benzene rings is 2. The largest absolute Gasteiger partial charge is 0.469 e. The van der Waals surface area contributed by atoms with E-state index in [4.69, 9.17) is 4.74 Å². The van der Waals surface area contributed by atoms with Crippen LogP contribution in [0, 0.1) is 0 Å². The molecule has 104 valence electrons. The van der Waals surface area contributed by atoms with Gasteiger partial charge in [-0.15, -0.1) is 11.8 Å². The lowest BCUT2D eigenvalue weighted by Gasteiger charge is -2.14. The number of carbonyl (C=O) groups excluding carboxylic acids is 1. The lowest BCUT2D eigenvalue weighted by atomic mass is 9.97. The van der Waals surface area contributed by atoms with Gasteiger partial charge < -0.3 is 4.74 Å². The van der Waals surface area contributed by atoms with Crippen LogP contribution in [0.1, 0.15) is 17.9 Å². The van der Waals surface area contributed by atoms with E-state index < -0.39 is 0 Å². The van der Waals surface area contributed by atoms with Crippen LogP contribution in [-0.4, -0.2) is 18.8 Å². The average molecular weight is 286 g/mol. The summed E-state index contributed by atoms with van der Waals surface area (Å²) < 4.78 is 4.92. The van der Waals surface area contributed by atoms with Gasteiger partial charge in [-0.2, -0.15) is 0 Å². The summed E-state index contributed by atoms with van der Waals surface area (Å²) in [5.41, 5.74) is 1.02. The van der Waals surface area contributed by atoms with Crippen LogP contribution in [0.4, 0.5) is 0 Å². The maximum atomic E-state index is 11.9. The van der Waals surface area contributed by atoms with E-state index in [0.717, 1.165) is 17.7 Å². The smallest absolute Gasteiger partial charge is 0.313 e. The maximum Gasteiger partial charge on any atom is 0.313 e. The van der Waals surface area contributed by atoms with Gasteiger partial charge in [0, 0.05) is 4.90 Å². The van der Waals surface area contributed by atoms with E-state index in [9.17, 15) is 4.79 Å². The van der Waals surface area contributed by atoms with Crippen molar-refractivity contribution >= 4 is 17.7 Å². The van der Waals surface area contributed by atoms with Crippen molar-refractivity contribution in [2.75, 3.05) is 12.9 Å². The summed E-state index contributed by atoms with van der Waals surface area (Å²) in [4.78, 5) is 13.1. The molecule has 2 aromatic rings. The molecule has 0 heterocycles. The molecule has 0 aliphatic carbocycles. The number of rotatable bonds is 6. The molecule has 0 amide bonds. The molecule has 0 saturated heterocycles. The third-order valence-electron chi connectivity index (χ3n) is 3.11. The first kappa shape index (κ1) is 14.7. The first-order valence-corrected chi connectivity index (χ1v) is 7.60.